The molecule has 0 aliphatic heterocycles. The second-order valence-corrected chi connectivity index (χ2v) is 6.40. The van der Waals surface area contributed by atoms with E-state index in [9.17, 15) is 4.21 Å². The largest absolute Gasteiger partial charge is 0.230 e. The van der Waals surface area contributed by atoms with E-state index in [2.05, 4.69) is 9.93 Å². The molecule has 0 fully saturated rings. The van der Waals surface area contributed by atoms with E-state index in [1.54, 1.807) is 0 Å². The topological polar surface area (TPSA) is 41.5 Å². The molecule has 2 aromatic rings. The van der Waals surface area contributed by atoms with Crippen LogP contribution in [0.4, 0.5) is 0 Å². The SMILES string of the molecule is C/C(=N/NS(=O)c1ccc(C)cc1)c1c(C)cccc1Cl. The first-order chi connectivity index (χ1) is 9.99. The summed E-state index contributed by atoms with van der Waals surface area (Å²) >= 11 is 6.19. The number of nitrogens with zero attached hydrogens (tertiary/aromatic N) is 1. The van der Waals surface area contributed by atoms with Crippen molar-refractivity contribution in [2.24, 2.45) is 5.10 Å². The smallest absolute Gasteiger partial charge is 0.166 e. The molecule has 21 heavy (non-hydrogen) atoms. The van der Waals surface area contributed by atoms with Crippen LogP contribution in [-0.2, 0) is 11.0 Å². The molecule has 2 aromatic carbocycles. The minimum atomic E-state index is -1.38. The number of rotatable bonds is 4. The highest BCUT2D eigenvalue weighted by Crippen LogP contribution is 2.20. The lowest BCUT2D eigenvalue weighted by Gasteiger charge is -2.08. The Morgan fingerprint density at radius 2 is 1.81 bits per heavy atom. The number of hydrogen-bond acceptors (Lipinski definition) is 2. The molecule has 0 radical (unpaired) electrons. The van der Waals surface area contributed by atoms with E-state index in [1.807, 2.05) is 63.2 Å². The molecule has 5 heteroatoms. The quantitative estimate of drug-likeness (QED) is 0.671. The highest BCUT2D eigenvalue weighted by molar-refractivity contribution is 7.83. The fourth-order valence-corrected chi connectivity index (χ4v) is 3.04. The van der Waals surface area contributed by atoms with Crippen LogP contribution in [0.15, 0.2) is 52.5 Å². The lowest BCUT2D eigenvalue weighted by atomic mass is 10.1. The molecule has 0 saturated carbocycles. The highest BCUT2D eigenvalue weighted by Gasteiger charge is 2.08. The monoisotopic (exact) mass is 320 g/mol. The summed E-state index contributed by atoms with van der Waals surface area (Å²) in [6.45, 7) is 5.80. The molecule has 1 unspecified atom stereocenters. The predicted molar refractivity (Wildman–Crippen MR) is 89.1 cm³/mol. The maximum atomic E-state index is 12.1. The van der Waals surface area contributed by atoms with Crippen LogP contribution in [-0.4, -0.2) is 9.92 Å². The van der Waals surface area contributed by atoms with E-state index in [4.69, 9.17) is 11.6 Å². The van der Waals surface area contributed by atoms with E-state index in [1.165, 1.54) is 0 Å². The maximum Gasteiger partial charge on any atom is 0.166 e. The van der Waals surface area contributed by atoms with Crippen molar-refractivity contribution in [3.63, 3.8) is 0 Å². The molecule has 0 heterocycles. The molecule has 0 amide bonds. The van der Waals surface area contributed by atoms with Gasteiger partial charge in [0.05, 0.1) is 10.6 Å². The van der Waals surface area contributed by atoms with Crippen LogP contribution in [0.25, 0.3) is 0 Å². The zero-order chi connectivity index (χ0) is 15.4. The second kappa shape index (κ2) is 6.87. The van der Waals surface area contributed by atoms with Crippen LogP contribution in [0.1, 0.15) is 23.6 Å². The lowest BCUT2D eigenvalue weighted by Crippen LogP contribution is -2.14. The zero-order valence-electron chi connectivity index (χ0n) is 12.2. The van der Waals surface area contributed by atoms with Crippen LogP contribution in [0, 0.1) is 13.8 Å². The van der Waals surface area contributed by atoms with Crippen molar-refractivity contribution in [1.29, 1.82) is 0 Å². The number of benzene rings is 2. The first-order valence-electron chi connectivity index (χ1n) is 6.53. The number of nitrogens with one attached hydrogen (secondary N) is 1. The molecule has 2 rings (SSSR count). The molecule has 0 aliphatic carbocycles. The van der Waals surface area contributed by atoms with Gasteiger partial charge >= 0.3 is 0 Å². The molecule has 0 aliphatic rings. The molecule has 0 aromatic heterocycles. The summed E-state index contributed by atoms with van der Waals surface area (Å²) in [5.41, 5.74) is 3.74. The van der Waals surface area contributed by atoms with Gasteiger partial charge < -0.3 is 0 Å². The third kappa shape index (κ3) is 3.93. The summed E-state index contributed by atoms with van der Waals surface area (Å²) in [6, 6.07) is 13.2. The van der Waals surface area contributed by atoms with Crippen molar-refractivity contribution in [2.75, 3.05) is 0 Å². The van der Waals surface area contributed by atoms with Crippen LogP contribution >= 0.6 is 11.6 Å². The Labute approximate surface area is 132 Å². The number of hydrazone groups is 1. The fraction of sp³-hybridized carbons (Fsp3) is 0.188. The summed E-state index contributed by atoms with van der Waals surface area (Å²) in [6.07, 6.45) is 0. The Kier molecular flexibility index (Phi) is 5.15. The lowest BCUT2D eigenvalue weighted by molar-refractivity contribution is 0.675. The van der Waals surface area contributed by atoms with Gasteiger partial charge in [-0.05, 0) is 44.5 Å². The Bertz CT molecular complexity index is 676. The normalized spacial score (nSPS) is 13.0. The number of hydrogen-bond donors (Lipinski definition) is 1. The molecule has 0 bridgehead atoms. The first kappa shape index (κ1) is 15.7. The summed E-state index contributed by atoms with van der Waals surface area (Å²) in [5, 5.41) is 4.83. The fourth-order valence-electron chi connectivity index (χ4n) is 1.97. The molecule has 0 saturated heterocycles. The van der Waals surface area contributed by atoms with Gasteiger partial charge in [0.25, 0.3) is 0 Å². The minimum Gasteiger partial charge on any atom is -0.230 e. The predicted octanol–water partition coefficient (Wildman–Crippen LogP) is 3.99. The van der Waals surface area contributed by atoms with Crippen molar-refractivity contribution in [1.82, 2.24) is 4.83 Å². The molecular weight excluding hydrogens is 304 g/mol. The van der Waals surface area contributed by atoms with E-state index in [0.29, 0.717) is 15.6 Å². The van der Waals surface area contributed by atoms with E-state index >= 15 is 0 Å². The summed E-state index contributed by atoms with van der Waals surface area (Å²) < 4.78 is 12.1. The van der Waals surface area contributed by atoms with Crippen LogP contribution in [0.2, 0.25) is 5.02 Å². The second-order valence-electron chi connectivity index (χ2n) is 4.80. The van der Waals surface area contributed by atoms with Gasteiger partial charge in [-0.2, -0.15) is 5.10 Å². The van der Waals surface area contributed by atoms with Crippen molar-refractivity contribution in [2.45, 2.75) is 25.7 Å². The minimum absolute atomic E-state index is 0.638. The van der Waals surface area contributed by atoms with E-state index in [0.717, 1.165) is 16.7 Å². The Hall–Kier alpha value is -1.65. The Morgan fingerprint density at radius 3 is 2.43 bits per heavy atom. The molecule has 3 nitrogen and oxygen atoms in total. The van der Waals surface area contributed by atoms with Crippen molar-refractivity contribution >= 4 is 28.3 Å². The van der Waals surface area contributed by atoms with Gasteiger partial charge in [0.1, 0.15) is 0 Å². The van der Waals surface area contributed by atoms with Gasteiger partial charge in [-0.15, -0.1) is 0 Å². The van der Waals surface area contributed by atoms with Crippen LogP contribution < -0.4 is 4.83 Å². The van der Waals surface area contributed by atoms with Gasteiger partial charge in [0, 0.05) is 10.6 Å². The average molecular weight is 321 g/mol. The first-order valence-corrected chi connectivity index (χ1v) is 8.05. The summed E-state index contributed by atoms with van der Waals surface area (Å²) in [5.74, 6) is 0. The highest BCUT2D eigenvalue weighted by atomic mass is 35.5. The third-order valence-electron chi connectivity index (χ3n) is 3.12. The third-order valence-corrected chi connectivity index (χ3v) is 4.39. The maximum absolute atomic E-state index is 12.1. The van der Waals surface area contributed by atoms with Crippen LogP contribution in [0.5, 0.6) is 0 Å². The van der Waals surface area contributed by atoms with Crippen molar-refractivity contribution < 1.29 is 4.21 Å². The zero-order valence-corrected chi connectivity index (χ0v) is 13.8. The van der Waals surface area contributed by atoms with Gasteiger partial charge in [0.15, 0.2) is 11.0 Å². The van der Waals surface area contributed by atoms with Gasteiger partial charge in [-0.25, -0.2) is 9.04 Å². The molecular formula is C16H17ClN2OS. The van der Waals surface area contributed by atoms with Crippen molar-refractivity contribution in [3.05, 3.63) is 64.2 Å². The molecule has 110 valence electrons. The van der Waals surface area contributed by atoms with Gasteiger partial charge in [0.2, 0.25) is 0 Å². The Balaban J connectivity index is 2.17. The molecule has 1 N–H and O–H groups in total. The average Bonchev–Trinajstić information content (AvgIpc) is 2.45. The molecule has 0 spiro atoms. The Morgan fingerprint density at radius 1 is 1.14 bits per heavy atom. The van der Waals surface area contributed by atoms with Gasteiger partial charge in [-0.1, -0.05) is 41.4 Å². The van der Waals surface area contributed by atoms with Gasteiger partial charge in [-0.3, -0.25) is 0 Å². The van der Waals surface area contributed by atoms with Crippen LogP contribution in [0.3, 0.4) is 0 Å². The standard InChI is InChI=1S/C16H17ClN2OS/c1-11-7-9-14(10-8-11)21(20)19-18-13(3)16-12(2)5-4-6-15(16)17/h4-10,19H,1-3H3/b18-13-. The van der Waals surface area contributed by atoms with E-state index in [-0.39, 0.29) is 0 Å². The number of aryl methyl sites for hydroxylation is 2. The molecule has 1 atom stereocenters. The summed E-state index contributed by atoms with van der Waals surface area (Å²) in [7, 11) is -1.38. The number of halogens is 1. The van der Waals surface area contributed by atoms with E-state index < -0.39 is 11.0 Å². The summed E-state index contributed by atoms with van der Waals surface area (Å²) in [4.78, 5) is 3.36. The van der Waals surface area contributed by atoms with Crippen molar-refractivity contribution in [3.8, 4) is 0 Å².